The highest BCUT2D eigenvalue weighted by Gasteiger charge is 2.26. The molecule has 0 unspecified atom stereocenters. The maximum atomic E-state index is 10.5. The second-order valence-electron chi connectivity index (χ2n) is 6.59. The van der Waals surface area contributed by atoms with Crippen LogP contribution in [-0.4, -0.2) is 22.2 Å². The van der Waals surface area contributed by atoms with Crippen LogP contribution in [0.1, 0.15) is 41.2 Å². The second kappa shape index (κ2) is 6.71. The lowest BCUT2D eigenvalue weighted by molar-refractivity contribution is 0.412. The van der Waals surface area contributed by atoms with Gasteiger partial charge in [-0.1, -0.05) is 25.1 Å². The van der Waals surface area contributed by atoms with Crippen LogP contribution < -0.4 is 5.32 Å². The lowest BCUT2D eigenvalue weighted by Crippen LogP contribution is -2.16. The molecule has 0 fully saturated rings. The summed E-state index contributed by atoms with van der Waals surface area (Å²) in [7, 11) is 1.94. The van der Waals surface area contributed by atoms with E-state index in [2.05, 4.69) is 41.4 Å². The Morgan fingerprint density at radius 3 is 2.60 bits per heavy atom. The predicted molar refractivity (Wildman–Crippen MR) is 103 cm³/mol. The first-order valence-corrected chi connectivity index (χ1v) is 8.74. The van der Waals surface area contributed by atoms with Gasteiger partial charge in [-0.15, -0.1) is 0 Å². The minimum absolute atomic E-state index is 0.130. The highest BCUT2D eigenvalue weighted by atomic mass is 16.3. The van der Waals surface area contributed by atoms with Gasteiger partial charge in [0, 0.05) is 43.2 Å². The van der Waals surface area contributed by atoms with Gasteiger partial charge in [-0.05, 0) is 48.6 Å². The lowest BCUT2D eigenvalue weighted by Gasteiger charge is -2.25. The van der Waals surface area contributed by atoms with E-state index in [1.54, 1.807) is 0 Å². The standard InChI is InChI=1S/C21H26N2O2/c1-5-7-18(21-14(3)13(2)19(24)10-20(21)25)23-11-15-8-6-9-17(22-4)16(15)12-23/h6-10,22,24-25H,5,11-12H2,1-4H3/b18-7+. The van der Waals surface area contributed by atoms with Gasteiger partial charge in [-0.2, -0.15) is 0 Å². The number of aromatic hydroxyl groups is 2. The molecule has 0 saturated heterocycles. The van der Waals surface area contributed by atoms with E-state index in [0.29, 0.717) is 0 Å². The molecule has 0 spiro atoms. The monoisotopic (exact) mass is 338 g/mol. The molecule has 1 aliphatic heterocycles. The molecule has 0 bridgehead atoms. The zero-order chi connectivity index (χ0) is 18.1. The number of nitrogens with one attached hydrogen (secondary N) is 1. The quantitative estimate of drug-likeness (QED) is 0.767. The molecule has 4 heteroatoms. The summed E-state index contributed by atoms with van der Waals surface area (Å²) in [5, 5.41) is 23.8. The average molecular weight is 338 g/mol. The van der Waals surface area contributed by atoms with Crippen LogP contribution in [0.4, 0.5) is 5.69 Å². The van der Waals surface area contributed by atoms with E-state index in [9.17, 15) is 10.2 Å². The fourth-order valence-corrected chi connectivity index (χ4v) is 3.61. The van der Waals surface area contributed by atoms with E-state index >= 15 is 0 Å². The molecule has 2 aromatic carbocycles. The molecule has 25 heavy (non-hydrogen) atoms. The zero-order valence-corrected chi connectivity index (χ0v) is 15.3. The smallest absolute Gasteiger partial charge is 0.128 e. The Labute approximate surface area is 149 Å². The molecule has 0 radical (unpaired) electrons. The van der Waals surface area contributed by atoms with E-state index in [-0.39, 0.29) is 11.5 Å². The number of hydrogen-bond donors (Lipinski definition) is 3. The molecule has 132 valence electrons. The second-order valence-corrected chi connectivity index (χ2v) is 6.59. The number of anilines is 1. The summed E-state index contributed by atoms with van der Waals surface area (Å²) < 4.78 is 0. The third kappa shape index (κ3) is 2.93. The number of benzene rings is 2. The molecule has 0 amide bonds. The van der Waals surface area contributed by atoms with Crippen molar-refractivity contribution in [3.8, 4) is 11.5 Å². The summed E-state index contributed by atoms with van der Waals surface area (Å²) in [6, 6.07) is 7.78. The van der Waals surface area contributed by atoms with Gasteiger partial charge in [0.2, 0.25) is 0 Å². The summed E-state index contributed by atoms with van der Waals surface area (Å²) in [6.45, 7) is 7.55. The van der Waals surface area contributed by atoms with E-state index in [0.717, 1.165) is 47.6 Å². The number of fused-ring (bicyclic) bond motifs is 1. The number of phenols is 2. The highest BCUT2D eigenvalue weighted by Crippen LogP contribution is 2.41. The van der Waals surface area contributed by atoms with Crippen molar-refractivity contribution in [2.24, 2.45) is 0 Å². The van der Waals surface area contributed by atoms with E-state index in [1.807, 2.05) is 20.9 Å². The highest BCUT2D eigenvalue weighted by molar-refractivity contribution is 5.75. The molecule has 2 aromatic rings. The minimum Gasteiger partial charge on any atom is -0.508 e. The van der Waals surface area contributed by atoms with Crippen molar-refractivity contribution in [1.82, 2.24) is 4.90 Å². The normalized spacial score (nSPS) is 13.9. The van der Waals surface area contributed by atoms with Crippen LogP contribution in [-0.2, 0) is 13.1 Å². The molecule has 1 aliphatic rings. The van der Waals surface area contributed by atoms with Gasteiger partial charge >= 0.3 is 0 Å². The van der Waals surface area contributed by atoms with E-state index in [1.165, 1.54) is 17.2 Å². The number of rotatable bonds is 4. The van der Waals surface area contributed by atoms with Gasteiger partial charge in [-0.25, -0.2) is 0 Å². The van der Waals surface area contributed by atoms with Gasteiger partial charge < -0.3 is 20.4 Å². The van der Waals surface area contributed by atoms with Crippen LogP contribution in [0.3, 0.4) is 0 Å². The average Bonchev–Trinajstić information content (AvgIpc) is 3.03. The van der Waals surface area contributed by atoms with Crippen molar-refractivity contribution in [2.75, 3.05) is 12.4 Å². The molecule has 0 saturated carbocycles. The maximum absolute atomic E-state index is 10.5. The number of allylic oxidation sites excluding steroid dienone is 1. The number of nitrogens with zero attached hydrogens (tertiary/aromatic N) is 1. The van der Waals surface area contributed by atoms with Crippen LogP contribution in [0.2, 0.25) is 0 Å². The summed E-state index contributed by atoms with van der Waals surface area (Å²) >= 11 is 0. The molecule has 0 atom stereocenters. The molecule has 1 heterocycles. The van der Waals surface area contributed by atoms with Crippen molar-refractivity contribution in [1.29, 1.82) is 0 Å². The van der Waals surface area contributed by atoms with Crippen LogP contribution in [0.25, 0.3) is 5.70 Å². The molecule has 4 nitrogen and oxygen atoms in total. The predicted octanol–water partition coefficient (Wildman–Crippen LogP) is 4.52. The molecule has 3 rings (SSSR count). The minimum atomic E-state index is 0.130. The SMILES string of the molecule is CC/C=C(\c1c(O)cc(O)c(C)c1C)N1Cc2cccc(NC)c2C1. The zero-order valence-electron chi connectivity index (χ0n) is 15.3. The first kappa shape index (κ1) is 17.2. The van der Waals surface area contributed by atoms with Gasteiger partial charge in [0.15, 0.2) is 0 Å². The third-order valence-corrected chi connectivity index (χ3v) is 5.10. The summed E-state index contributed by atoms with van der Waals surface area (Å²) in [4.78, 5) is 2.30. The lowest BCUT2D eigenvalue weighted by atomic mass is 9.97. The summed E-state index contributed by atoms with van der Waals surface area (Å²) in [5.41, 5.74) is 7.33. The fourth-order valence-electron chi connectivity index (χ4n) is 3.61. The molecule has 3 N–H and O–H groups in total. The number of phenolic OH excluding ortho intramolecular Hbond substituents is 2. The van der Waals surface area contributed by atoms with E-state index in [4.69, 9.17) is 0 Å². The topological polar surface area (TPSA) is 55.7 Å². The van der Waals surface area contributed by atoms with Crippen LogP contribution in [0.15, 0.2) is 30.3 Å². The van der Waals surface area contributed by atoms with Gasteiger partial charge in [-0.3, -0.25) is 0 Å². The Bertz CT molecular complexity index is 840. The largest absolute Gasteiger partial charge is 0.508 e. The summed E-state index contributed by atoms with van der Waals surface area (Å²) in [5.74, 6) is 0.266. The van der Waals surface area contributed by atoms with Gasteiger partial charge in [0.05, 0.1) is 0 Å². The van der Waals surface area contributed by atoms with Crippen molar-refractivity contribution in [3.05, 3.63) is 58.2 Å². The Hall–Kier alpha value is -2.62. The van der Waals surface area contributed by atoms with Crippen molar-refractivity contribution in [3.63, 3.8) is 0 Å². The Balaban J connectivity index is 2.06. The Morgan fingerprint density at radius 1 is 1.16 bits per heavy atom. The van der Waals surface area contributed by atoms with E-state index < -0.39 is 0 Å². The van der Waals surface area contributed by atoms with Gasteiger partial charge in [0.1, 0.15) is 11.5 Å². The van der Waals surface area contributed by atoms with Gasteiger partial charge in [0.25, 0.3) is 0 Å². The molecular formula is C21H26N2O2. The third-order valence-electron chi connectivity index (χ3n) is 5.10. The molecule has 0 aromatic heterocycles. The maximum Gasteiger partial charge on any atom is 0.128 e. The van der Waals surface area contributed by atoms with Crippen molar-refractivity contribution < 1.29 is 10.2 Å². The summed E-state index contributed by atoms with van der Waals surface area (Å²) in [6.07, 6.45) is 3.03. The Morgan fingerprint density at radius 2 is 1.92 bits per heavy atom. The van der Waals surface area contributed by atoms with Crippen molar-refractivity contribution >= 4 is 11.4 Å². The first-order valence-electron chi connectivity index (χ1n) is 8.74. The van der Waals surface area contributed by atoms with Crippen LogP contribution in [0.5, 0.6) is 11.5 Å². The van der Waals surface area contributed by atoms with Crippen molar-refractivity contribution in [2.45, 2.75) is 40.3 Å². The fraction of sp³-hybridized carbons (Fsp3) is 0.333. The van der Waals surface area contributed by atoms with Crippen LogP contribution >= 0.6 is 0 Å². The van der Waals surface area contributed by atoms with Crippen LogP contribution in [0, 0.1) is 13.8 Å². The Kier molecular flexibility index (Phi) is 4.62. The number of hydrogen-bond acceptors (Lipinski definition) is 4. The molecular weight excluding hydrogens is 312 g/mol. The molecule has 0 aliphatic carbocycles. The first-order chi connectivity index (χ1) is 12.0.